The van der Waals surface area contributed by atoms with Crippen molar-refractivity contribution in [1.82, 2.24) is 0 Å². The minimum absolute atomic E-state index is 0.612. The number of para-hydroxylation sites is 1. The number of nitrogens with zero attached hydrogens (tertiary/aromatic N) is 1. The third-order valence-electron chi connectivity index (χ3n) is 4.01. The lowest BCUT2D eigenvalue weighted by molar-refractivity contribution is 0.572. The Morgan fingerprint density at radius 3 is 1.78 bits per heavy atom. The minimum Gasteiger partial charge on any atom is -0.371 e. The zero-order chi connectivity index (χ0) is 13.1. The first-order chi connectivity index (χ1) is 8.61. The summed E-state index contributed by atoms with van der Waals surface area (Å²) in [7, 11) is 0. The average molecular weight is 245 g/mol. The fraction of sp³-hybridized carbons (Fsp3) is 0.647. The Hall–Kier alpha value is -0.980. The molecule has 1 heterocycles. The molecule has 1 aromatic rings. The van der Waals surface area contributed by atoms with Crippen LogP contribution in [0.1, 0.15) is 69.9 Å². The SMILES string of the molecule is CC(C)c1cccc(C(C)C)c1N1CCCCC1. The summed E-state index contributed by atoms with van der Waals surface area (Å²) >= 11 is 0. The molecule has 1 saturated heterocycles. The second kappa shape index (κ2) is 5.77. The maximum atomic E-state index is 2.63. The average Bonchev–Trinajstić information content (AvgIpc) is 2.38. The molecular formula is C17H27N. The highest BCUT2D eigenvalue weighted by atomic mass is 15.1. The second-order valence-electron chi connectivity index (χ2n) is 6.14. The van der Waals surface area contributed by atoms with Crippen LogP contribution in [0.25, 0.3) is 0 Å². The molecule has 0 aromatic heterocycles. The molecule has 1 aliphatic heterocycles. The van der Waals surface area contributed by atoms with E-state index in [2.05, 4.69) is 50.8 Å². The highest BCUT2D eigenvalue weighted by Gasteiger charge is 2.20. The van der Waals surface area contributed by atoms with Crippen molar-refractivity contribution in [2.45, 2.75) is 58.8 Å². The van der Waals surface area contributed by atoms with Gasteiger partial charge in [0.25, 0.3) is 0 Å². The van der Waals surface area contributed by atoms with Crippen molar-refractivity contribution in [2.24, 2.45) is 0 Å². The summed E-state index contributed by atoms with van der Waals surface area (Å²) in [5, 5.41) is 0. The van der Waals surface area contributed by atoms with Crippen molar-refractivity contribution in [2.75, 3.05) is 18.0 Å². The molecule has 0 saturated carbocycles. The first-order valence-corrected chi connectivity index (χ1v) is 7.49. The number of hydrogen-bond donors (Lipinski definition) is 0. The van der Waals surface area contributed by atoms with Crippen molar-refractivity contribution in [3.8, 4) is 0 Å². The van der Waals surface area contributed by atoms with Gasteiger partial charge in [0, 0.05) is 18.8 Å². The molecule has 1 aliphatic rings. The van der Waals surface area contributed by atoms with Gasteiger partial charge in [-0.15, -0.1) is 0 Å². The predicted octanol–water partition coefficient (Wildman–Crippen LogP) is 4.92. The van der Waals surface area contributed by atoms with Crippen molar-refractivity contribution in [1.29, 1.82) is 0 Å². The Morgan fingerprint density at radius 2 is 1.33 bits per heavy atom. The molecule has 0 bridgehead atoms. The summed E-state index contributed by atoms with van der Waals surface area (Å²) in [6, 6.07) is 6.87. The van der Waals surface area contributed by atoms with Gasteiger partial charge in [-0.3, -0.25) is 0 Å². The van der Waals surface area contributed by atoms with Crippen LogP contribution in [0.4, 0.5) is 5.69 Å². The van der Waals surface area contributed by atoms with Crippen LogP contribution >= 0.6 is 0 Å². The van der Waals surface area contributed by atoms with Crippen molar-refractivity contribution in [3.05, 3.63) is 29.3 Å². The van der Waals surface area contributed by atoms with E-state index in [0.717, 1.165) is 0 Å². The Morgan fingerprint density at radius 1 is 0.833 bits per heavy atom. The van der Waals surface area contributed by atoms with E-state index in [9.17, 15) is 0 Å². The van der Waals surface area contributed by atoms with Crippen molar-refractivity contribution in [3.63, 3.8) is 0 Å². The molecule has 1 fully saturated rings. The number of rotatable bonds is 3. The van der Waals surface area contributed by atoms with Crippen LogP contribution in [0.15, 0.2) is 18.2 Å². The topological polar surface area (TPSA) is 3.24 Å². The van der Waals surface area contributed by atoms with Crippen molar-refractivity contribution < 1.29 is 0 Å². The molecule has 0 radical (unpaired) electrons. The first kappa shape index (κ1) is 13.5. The van der Waals surface area contributed by atoms with Crippen LogP contribution in [-0.2, 0) is 0 Å². The number of piperidine rings is 1. The summed E-state index contributed by atoms with van der Waals surface area (Å²) in [6.07, 6.45) is 4.10. The van der Waals surface area contributed by atoms with Gasteiger partial charge in [-0.1, -0.05) is 45.9 Å². The van der Waals surface area contributed by atoms with E-state index in [1.807, 2.05) is 0 Å². The lowest BCUT2D eigenvalue weighted by atomic mass is 9.91. The largest absolute Gasteiger partial charge is 0.371 e. The summed E-state index contributed by atoms with van der Waals surface area (Å²) < 4.78 is 0. The lowest BCUT2D eigenvalue weighted by Crippen LogP contribution is -2.31. The molecule has 0 unspecified atom stereocenters. The highest BCUT2D eigenvalue weighted by molar-refractivity contribution is 5.62. The summed E-state index contributed by atoms with van der Waals surface area (Å²) in [4.78, 5) is 2.63. The van der Waals surface area contributed by atoms with Gasteiger partial charge in [-0.2, -0.15) is 0 Å². The second-order valence-corrected chi connectivity index (χ2v) is 6.14. The summed E-state index contributed by atoms with van der Waals surface area (Å²) in [5.74, 6) is 1.22. The van der Waals surface area contributed by atoms with Crippen LogP contribution in [0.5, 0.6) is 0 Å². The van der Waals surface area contributed by atoms with Gasteiger partial charge in [0.1, 0.15) is 0 Å². The van der Waals surface area contributed by atoms with E-state index < -0.39 is 0 Å². The molecular weight excluding hydrogens is 218 g/mol. The Kier molecular flexibility index (Phi) is 4.31. The molecule has 0 atom stereocenters. The van der Waals surface area contributed by atoms with Crippen LogP contribution in [0.2, 0.25) is 0 Å². The van der Waals surface area contributed by atoms with Gasteiger partial charge in [0.05, 0.1) is 0 Å². The maximum absolute atomic E-state index is 2.63. The molecule has 1 aromatic carbocycles. The van der Waals surface area contributed by atoms with Crippen LogP contribution < -0.4 is 4.90 Å². The van der Waals surface area contributed by atoms with Gasteiger partial charge in [0.2, 0.25) is 0 Å². The Labute approximate surface area is 112 Å². The van der Waals surface area contributed by atoms with Gasteiger partial charge < -0.3 is 4.90 Å². The molecule has 1 nitrogen and oxygen atoms in total. The van der Waals surface area contributed by atoms with Crippen molar-refractivity contribution >= 4 is 5.69 Å². The van der Waals surface area contributed by atoms with E-state index in [1.54, 1.807) is 5.69 Å². The van der Waals surface area contributed by atoms with Crippen LogP contribution in [0, 0.1) is 0 Å². The fourth-order valence-electron chi connectivity index (χ4n) is 2.99. The number of hydrogen-bond acceptors (Lipinski definition) is 1. The van der Waals surface area contributed by atoms with E-state index in [4.69, 9.17) is 0 Å². The molecule has 1 heteroatoms. The van der Waals surface area contributed by atoms with E-state index >= 15 is 0 Å². The van der Waals surface area contributed by atoms with E-state index in [1.165, 1.54) is 43.5 Å². The molecule has 0 amide bonds. The van der Waals surface area contributed by atoms with Gasteiger partial charge in [-0.25, -0.2) is 0 Å². The molecule has 0 spiro atoms. The standard InChI is InChI=1S/C17H27N/c1-13(2)15-9-8-10-16(14(3)4)17(15)18-11-6-5-7-12-18/h8-10,13-14H,5-7,11-12H2,1-4H3. The lowest BCUT2D eigenvalue weighted by Gasteiger charge is -2.34. The van der Waals surface area contributed by atoms with Gasteiger partial charge >= 0.3 is 0 Å². The molecule has 2 rings (SSSR count). The Bertz CT molecular complexity index is 360. The molecule has 100 valence electrons. The minimum atomic E-state index is 0.612. The third-order valence-corrected chi connectivity index (χ3v) is 4.01. The quantitative estimate of drug-likeness (QED) is 0.730. The summed E-state index contributed by atoms with van der Waals surface area (Å²) in [6.45, 7) is 11.7. The highest BCUT2D eigenvalue weighted by Crippen LogP contribution is 2.36. The normalized spacial score (nSPS) is 16.7. The number of benzene rings is 1. The maximum Gasteiger partial charge on any atom is 0.0436 e. The zero-order valence-corrected chi connectivity index (χ0v) is 12.4. The van der Waals surface area contributed by atoms with Crippen LogP contribution in [-0.4, -0.2) is 13.1 Å². The van der Waals surface area contributed by atoms with E-state index in [-0.39, 0.29) is 0 Å². The molecule has 18 heavy (non-hydrogen) atoms. The molecule has 0 N–H and O–H groups in total. The third kappa shape index (κ3) is 2.71. The molecule has 0 aliphatic carbocycles. The fourth-order valence-corrected chi connectivity index (χ4v) is 2.99. The zero-order valence-electron chi connectivity index (χ0n) is 12.4. The first-order valence-electron chi connectivity index (χ1n) is 7.49. The smallest absolute Gasteiger partial charge is 0.0436 e. The van der Waals surface area contributed by atoms with Gasteiger partial charge in [0.15, 0.2) is 0 Å². The van der Waals surface area contributed by atoms with Crippen LogP contribution in [0.3, 0.4) is 0 Å². The Balaban J connectivity index is 2.45. The summed E-state index contributed by atoms with van der Waals surface area (Å²) in [5.41, 5.74) is 4.61. The predicted molar refractivity (Wildman–Crippen MR) is 80.7 cm³/mol. The monoisotopic (exact) mass is 245 g/mol. The van der Waals surface area contributed by atoms with Gasteiger partial charge in [-0.05, 0) is 42.2 Å². The number of anilines is 1. The van der Waals surface area contributed by atoms with E-state index in [0.29, 0.717) is 11.8 Å².